The Morgan fingerprint density at radius 2 is 1.22 bits per heavy atom. The topological polar surface area (TPSA) is 83.6 Å². The van der Waals surface area contributed by atoms with E-state index >= 15 is 0 Å². The average molecular weight is 711 g/mol. The van der Waals surface area contributed by atoms with Crippen LogP contribution in [-0.2, 0) is 38.8 Å². The van der Waals surface area contributed by atoms with Crippen molar-refractivity contribution in [2.24, 2.45) is 0 Å². The number of anilines is 1. The van der Waals surface area contributed by atoms with Gasteiger partial charge in [0.1, 0.15) is 12.2 Å². The van der Waals surface area contributed by atoms with Gasteiger partial charge in [-0.05, 0) is 47.4 Å². The third-order valence-corrected chi connectivity index (χ3v) is 9.71. The van der Waals surface area contributed by atoms with Crippen molar-refractivity contribution < 1.29 is 23.8 Å². The second-order valence-corrected chi connectivity index (χ2v) is 13.4. The molecule has 2 aliphatic heterocycles. The van der Waals surface area contributed by atoms with Crippen LogP contribution in [0.2, 0.25) is 5.02 Å². The van der Waals surface area contributed by atoms with Gasteiger partial charge in [0.2, 0.25) is 0 Å². The molecule has 0 saturated carbocycles. The van der Waals surface area contributed by atoms with Crippen LogP contribution in [0.15, 0.2) is 115 Å². The summed E-state index contributed by atoms with van der Waals surface area (Å²) < 4.78 is 19.9. The number of amides is 3. The summed E-state index contributed by atoms with van der Waals surface area (Å²) in [7, 11) is 0. The van der Waals surface area contributed by atoms with E-state index in [0.717, 1.165) is 28.8 Å². The zero-order chi connectivity index (χ0) is 35.4. The van der Waals surface area contributed by atoms with Gasteiger partial charge in [0.25, 0.3) is 5.91 Å². The first-order valence-electron chi connectivity index (χ1n) is 17.8. The van der Waals surface area contributed by atoms with Crippen molar-refractivity contribution in [3.63, 3.8) is 0 Å². The number of ether oxygens (including phenoxy) is 3. The maximum absolute atomic E-state index is 14.5. The highest BCUT2D eigenvalue weighted by atomic mass is 35.5. The van der Waals surface area contributed by atoms with Crippen molar-refractivity contribution in [1.82, 2.24) is 15.1 Å². The number of piperidine rings is 1. The van der Waals surface area contributed by atoms with Crippen LogP contribution in [0.5, 0.6) is 0 Å². The minimum atomic E-state index is -0.908. The maximum Gasteiger partial charge on any atom is 0.317 e. The van der Waals surface area contributed by atoms with E-state index in [1.807, 2.05) is 132 Å². The van der Waals surface area contributed by atoms with Gasteiger partial charge in [-0.15, -0.1) is 0 Å². The first-order chi connectivity index (χ1) is 25.0. The number of hydrogen-bond donors (Lipinski definition) is 1. The van der Waals surface area contributed by atoms with Gasteiger partial charge in [-0.3, -0.25) is 4.79 Å². The molecule has 0 aliphatic carbocycles. The van der Waals surface area contributed by atoms with Crippen LogP contribution in [-0.4, -0.2) is 85.4 Å². The Morgan fingerprint density at radius 1 is 0.706 bits per heavy atom. The SMILES string of the molecule is CCCN1C(=O)[C@H](OCc2ccccc2)[C@H](OCc2ccccc2)[C@H](OCc2ccccc2)[C@H]1CNC(=O)N1CCN(c2ccc(Cl)cc2)CC1. The van der Waals surface area contributed by atoms with Gasteiger partial charge in [0.15, 0.2) is 6.10 Å². The number of carbonyl (C=O) groups is 2. The smallest absolute Gasteiger partial charge is 0.317 e. The van der Waals surface area contributed by atoms with Gasteiger partial charge in [0.05, 0.1) is 25.9 Å². The van der Waals surface area contributed by atoms with Gasteiger partial charge >= 0.3 is 6.03 Å². The normalized spacial score (nSPS) is 20.7. The molecule has 4 aromatic carbocycles. The van der Waals surface area contributed by atoms with E-state index in [-0.39, 0.29) is 31.7 Å². The second kappa shape index (κ2) is 18.2. The van der Waals surface area contributed by atoms with Crippen molar-refractivity contribution in [1.29, 1.82) is 0 Å². The summed E-state index contributed by atoms with van der Waals surface area (Å²) in [6, 6.07) is 36.8. The molecule has 0 unspecified atom stereocenters. The highest BCUT2D eigenvalue weighted by Gasteiger charge is 2.51. The monoisotopic (exact) mass is 710 g/mol. The number of halogens is 1. The number of urea groups is 1. The molecule has 0 radical (unpaired) electrons. The molecule has 0 bridgehead atoms. The van der Waals surface area contributed by atoms with E-state index in [9.17, 15) is 9.59 Å². The lowest BCUT2D eigenvalue weighted by Crippen LogP contribution is -2.68. The number of hydrogen-bond acceptors (Lipinski definition) is 6. The second-order valence-electron chi connectivity index (χ2n) is 13.0. The Hall–Kier alpha value is -4.41. The summed E-state index contributed by atoms with van der Waals surface area (Å²) in [5.74, 6) is -0.166. The molecule has 268 valence electrons. The van der Waals surface area contributed by atoms with E-state index in [2.05, 4.69) is 10.2 Å². The molecule has 0 aromatic heterocycles. The minimum Gasteiger partial charge on any atom is -0.368 e. The molecular weight excluding hydrogens is 664 g/mol. The number of carbonyl (C=O) groups excluding carboxylic acids is 2. The third kappa shape index (κ3) is 9.68. The predicted molar refractivity (Wildman–Crippen MR) is 199 cm³/mol. The van der Waals surface area contributed by atoms with E-state index in [1.165, 1.54) is 0 Å². The third-order valence-electron chi connectivity index (χ3n) is 9.46. The highest BCUT2D eigenvalue weighted by Crippen LogP contribution is 2.30. The van der Waals surface area contributed by atoms with Gasteiger partial charge in [-0.2, -0.15) is 0 Å². The summed E-state index contributed by atoms with van der Waals surface area (Å²) in [6.07, 6.45) is -1.51. The fraction of sp³-hybridized carbons (Fsp3) is 0.366. The summed E-state index contributed by atoms with van der Waals surface area (Å²) in [5, 5.41) is 3.87. The number of nitrogens with one attached hydrogen (secondary N) is 1. The predicted octanol–water partition coefficient (Wildman–Crippen LogP) is 6.55. The molecule has 10 heteroatoms. The molecule has 2 fully saturated rings. The molecule has 9 nitrogen and oxygen atoms in total. The Labute approximate surface area is 306 Å². The summed E-state index contributed by atoms with van der Waals surface area (Å²) >= 11 is 6.09. The fourth-order valence-electron chi connectivity index (χ4n) is 6.75. The Morgan fingerprint density at radius 3 is 1.75 bits per heavy atom. The number of nitrogens with zero attached hydrogens (tertiary/aromatic N) is 3. The van der Waals surface area contributed by atoms with Gasteiger partial charge in [-0.1, -0.05) is 110 Å². The van der Waals surface area contributed by atoms with Gasteiger partial charge < -0.3 is 34.2 Å². The molecule has 3 amide bonds. The van der Waals surface area contributed by atoms with Crippen LogP contribution in [0.1, 0.15) is 30.0 Å². The summed E-state index contributed by atoms with van der Waals surface area (Å²) in [4.78, 5) is 34.0. The summed E-state index contributed by atoms with van der Waals surface area (Å²) in [5.41, 5.74) is 4.02. The van der Waals surface area contributed by atoms with Gasteiger partial charge in [0, 0.05) is 50.0 Å². The van der Waals surface area contributed by atoms with Crippen molar-refractivity contribution >= 4 is 29.2 Å². The Bertz CT molecular complexity index is 1660. The number of likely N-dealkylation sites (tertiary alicyclic amines) is 1. The van der Waals surface area contributed by atoms with E-state index in [4.69, 9.17) is 25.8 Å². The number of rotatable bonds is 14. The van der Waals surface area contributed by atoms with Crippen molar-refractivity contribution in [3.05, 3.63) is 137 Å². The van der Waals surface area contributed by atoms with Crippen LogP contribution >= 0.6 is 11.6 Å². The average Bonchev–Trinajstić information content (AvgIpc) is 3.18. The minimum absolute atomic E-state index is 0.166. The maximum atomic E-state index is 14.5. The number of benzene rings is 4. The standard InChI is InChI=1S/C41H47ClN4O5/c1-2-22-46-36(27-43-41(48)45-25-23-44(24-26-45)35-20-18-34(42)19-21-35)37(49-28-31-12-6-3-7-13-31)38(50-29-32-14-8-4-9-15-32)39(40(46)47)51-30-33-16-10-5-11-17-33/h3-21,36-39H,2,22-30H2,1H3,(H,43,48)/t36-,37-,38-,39-/m1/s1. The molecule has 2 heterocycles. The molecule has 2 aliphatic rings. The molecule has 4 atom stereocenters. The molecule has 6 rings (SSSR count). The van der Waals surface area contributed by atoms with Crippen LogP contribution in [0.4, 0.5) is 10.5 Å². The zero-order valence-electron chi connectivity index (χ0n) is 29.1. The zero-order valence-corrected chi connectivity index (χ0v) is 29.9. The molecule has 0 spiro atoms. The van der Waals surface area contributed by atoms with Gasteiger partial charge in [-0.25, -0.2) is 4.79 Å². The highest BCUT2D eigenvalue weighted by molar-refractivity contribution is 6.30. The molecule has 51 heavy (non-hydrogen) atoms. The molecular formula is C41H47ClN4O5. The molecule has 2 saturated heterocycles. The van der Waals surface area contributed by atoms with Crippen molar-refractivity contribution in [3.8, 4) is 0 Å². The first kappa shape index (κ1) is 36.4. The molecule has 1 N–H and O–H groups in total. The molecule has 4 aromatic rings. The van der Waals surface area contributed by atoms with Crippen LogP contribution in [0, 0.1) is 0 Å². The van der Waals surface area contributed by atoms with Crippen molar-refractivity contribution in [2.75, 3.05) is 44.2 Å². The first-order valence-corrected chi connectivity index (χ1v) is 18.2. The lowest BCUT2D eigenvalue weighted by atomic mass is 9.91. The quantitative estimate of drug-likeness (QED) is 0.160. The number of piperazine rings is 1. The van der Waals surface area contributed by atoms with E-state index < -0.39 is 24.4 Å². The largest absolute Gasteiger partial charge is 0.368 e. The fourth-order valence-corrected chi connectivity index (χ4v) is 6.88. The van der Waals surface area contributed by atoms with Crippen LogP contribution in [0.3, 0.4) is 0 Å². The Kier molecular flexibility index (Phi) is 13.0. The van der Waals surface area contributed by atoms with E-state index in [0.29, 0.717) is 44.4 Å². The van der Waals surface area contributed by atoms with Crippen LogP contribution in [0.25, 0.3) is 0 Å². The van der Waals surface area contributed by atoms with E-state index in [1.54, 1.807) is 0 Å². The Balaban J connectivity index is 1.23. The van der Waals surface area contributed by atoms with Crippen LogP contribution < -0.4 is 10.2 Å². The lowest BCUT2D eigenvalue weighted by Gasteiger charge is -2.48. The lowest BCUT2D eigenvalue weighted by molar-refractivity contribution is -0.208. The van der Waals surface area contributed by atoms with Crippen molar-refractivity contribution in [2.45, 2.75) is 57.5 Å². The summed E-state index contributed by atoms with van der Waals surface area (Å²) in [6.45, 7) is 6.13.